The molecule has 2 aliphatic rings. The van der Waals surface area contributed by atoms with E-state index in [1.54, 1.807) is 0 Å². The highest BCUT2D eigenvalue weighted by atomic mass is 32.2. The highest BCUT2D eigenvalue weighted by molar-refractivity contribution is 7.80. The zero-order chi connectivity index (χ0) is 21.1. The van der Waals surface area contributed by atoms with Crippen LogP contribution in [0.3, 0.4) is 0 Å². The third-order valence-corrected chi connectivity index (χ3v) is 7.36. The number of benzene rings is 2. The summed E-state index contributed by atoms with van der Waals surface area (Å²) >= 11 is -1.48. The van der Waals surface area contributed by atoms with Gasteiger partial charge >= 0.3 is 5.97 Å². The zero-order valence-electron chi connectivity index (χ0n) is 17.2. The van der Waals surface area contributed by atoms with E-state index in [9.17, 15) is 9.00 Å². The number of rotatable bonds is 9. The molecule has 160 valence electrons. The summed E-state index contributed by atoms with van der Waals surface area (Å²) in [7, 11) is 0. The van der Waals surface area contributed by atoms with E-state index in [2.05, 4.69) is 6.07 Å². The second-order valence-corrected chi connectivity index (χ2v) is 9.49. The minimum Gasteiger partial charge on any atom is -0.481 e. The standard InChI is InChI=1S/C24H28O5S/c1-16-6-9-19(10-7-16)30(27)28-15-21-20(22-11-12-23(21)29-22)14-18-5-3-2-4-17(18)8-13-24(25)26/h2-7,9-10,20-23H,8,11-15H2,1H3,(H,25,26)/t20-,21+,22+,23-,30?/m1/s1. The van der Waals surface area contributed by atoms with E-state index in [4.69, 9.17) is 14.0 Å². The van der Waals surface area contributed by atoms with Crippen LogP contribution in [-0.2, 0) is 37.6 Å². The molecule has 1 unspecified atom stereocenters. The fraction of sp³-hybridized carbons (Fsp3) is 0.458. The van der Waals surface area contributed by atoms with Crippen LogP contribution in [0.2, 0.25) is 0 Å². The molecule has 2 aromatic carbocycles. The first-order valence-corrected chi connectivity index (χ1v) is 11.6. The Morgan fingerprint density at radius 1 is 1.07 bits per heavy atom. The van der Waals surface area contributed by atoms with Crippen molar-refractivity contribution in [3.8, 4) is 0 Å². The quantitative estimate of drug-likeness (QED) is 0.651. The molecule has 4 rings (SSSR count). The summed E-state index contributed by atoms with van der Waals surface area (Å²) in [5.41, 5.74) is 3.40. The lowest BCUT2D eigenvalue weighted by molar-refractivity contribution is -0.136. The third-order valence-electron chi connectivity index (χ3n) is 6.35. The van der Waals surface area contributed by atoms with E-state index in [1.807, 2.05) is 49.4 Å². The van der Waals surface area contributed by atoms with Crippen molar-refractivity contribution in [3.63, 3.8) is 0 Å². The molecule has 0 saturated carbocycles. The Balaban J connectivity index is 1.43. The van der Waals surface area contributed by atoms with Gasteiger partial charge in [-0.1, -0.05) is 42.0 Å². The highest BCUT2D eigenvalue weighted by Gasteiger charge is 2.49. The molecule has 2 aliphatic heterocycles. The molecule has 0 aliphatic carbocycles. The number of carboxylic acids is 1. The largest absolute Gasteiger partial charge is 0.481 e. The first-order chi connectivity index (χ1) is 14.5. The van der Waals surface area contributed by atoms with Crippen molar-refractivity contribution >= 4 is 17.0 Å². The molecule has 2 fully saturated rings. The topological polar surface area (TPSA) is 72.8 Å². The minimum absolute atomic E-state index is 0.131. The van der Waals surface area contributed by atoms with E-state index in [-0.39, 0.29) is 24.5 Å². The van der Waals surface area contributed by atoms with E-state index in [0.717, 1.165) is 30.4 Å². The van der Waals surface area contributed by atoms with Crippen molar-refractivity contribution in [1.82, 2.24) is 0 Å². The maximum Gasteiger partial charge on any atom is 0.303 e. The normalized spacial score (nSPS) is 26.0. The van der Waals surface area contributed by atoms with Gasteiger partial charge in [-0.15, -0.1) is 0 Å². The van der Waals surface area contributed by atoms with E-state index in [1.165, 1.54) is 5.56 Å². The lowest BCUT2D eigenvalue weighted by atomic mass is 9.76. The van der Waals surface area contributed by atoms with E-state index >= 15 is 0 Å². The number of aryl methyl sites for hydroxylation is 2. The first kappa shape index (κ1) is 21.2. The maximum absolute atomic E-state index is 12.6. The molecule has 0 radical (unpaired) electrons. The van der Waals surface area contributed by atoms with Crippen LogP contribution in [0, 0.1) is 18.8 Å². The number of hydrogen-bond donors (Lipinski definition) is 1. The lowest BCUT2D eigenvalue weighted by Gasteiger charge is -2.28. The monoisotopic (exact) mass is 428 g/mol. The summed E-state index contributed by atoms with van der Waals surface area (Å²) in [6.45, 7) is 2.41. The van der Waals surface area contributed by atoms with Crippen molar-refractivity contribution in [3.05, 3.63) is 65.2 Å². The molecular weight excluding hydrogens is 400 g/mol. The molecule has 2 saturated heterocycles. The van der Waals surface area contributed by atoms with Gasteiger partial charge in [0.05, 0.1) is 23.7 Å². The van der Waals surface area contributed by atoms with Gasteiger partial charge in [0.1, 0.15) is 0 Å². The molecule has 2 bridgehead atoms. The predicted octanol–water partition coefficient (Wildman–Crippen LogP) is 4.09. The van der Waals surface area contributed by atoms with Crippen LogP contribution >= 0.6 is 0 Å². The van der Waals surface area contributed by atoms with Crippen molar-refractivity contribution in [2.24, 2.45) is 11.8 Å². The van der Waals surface area contributed by atoms with Crippen molar-refractivity contribution in [2.75, 3.05) is 6.61 Å². The van der Waals surface area contributed by atoms with Gasteiger partial charge in [0, 0.05) is 12.3 Å². The van der Waals surface area contributed by atoms with Gasteiger partial charge in [0.2, 0.25) is 0 Å². The molecule has 30 heavy (non-hydrogen) atoms. The van der Waals surface area contributed by atoms with Crippen LogP contribution in [0.15, 0.2) is 53.4 Å². The summed E-state index contributed by atoms with van der Waals surface area (Å²) in [5, 5.41) is 9.04. The molecule has 0 aromatic heterocycles. The minimum atomic E-state index is -1.48. The number of fused-ring (bicyclic) bond motifs is 2. The van der Waals surface area contributed by atoms with Gasteiger partial charge in [-0.3, -0.25) is 8.98 Å². The van der Waals surface area contributed by atoms with E-state index < -0.39 is 17.0 Å². The lowest BCUT2D eigenvalue weighted by Crippen LogP contribution is -2.32. The Morgan fingerprint density at radius 3 is 2.43 bits per heavy atom. The van der Waals surface area contributed by atoms with Crippen LogP contribution in [0.1, 0.15) is 36.0 Å². The van der Waals surface area contributed by atoms with Crippen LogP contribution in [0.4, 0.5) is 0 Å². The zero-order valence-corrected chi connectivity index (χ0v) is 18.0. The average molecular weight is 429 g/mol. The Labute approximate surface area is 180 Å². The molecule has 0 amide bonds. The Hall–Kier alpha value is -2.02. The van der Waals surface area contributed by atoms with Crippen LogP contribution in [0.25, 0.3) is 0 Å². The summed E-state index contributed by atoms with van der Waals surface area (Å²) in [6.07, 6.45) is 3.92. The third kappa shape index (κ3) is 4.82. The van der Waals surface area contributed by atoms with Gasteiger partial charge in [-0.05, 0) is 61.8 Å². The molecule has 2 heterocycles. The molecule has 6 heteroatoms. The Morgan fingerprint density at radius 2 is 1.73 bits per heavy atom. The molecule has 5 atom stereocenters. The summed E-state index contributed by atoms with van der Waals surface area (Å²) < 4.78 is 24.6. The summed E-state index contributed by atoms with van der Waals surface area (Å²) in [6, 6.07) is 15.6. The first-order valence-electron chi connectivity index (χ1n) is 10.6. The van der Waals surface area contributed by atoms with Crippen molar-refractivity contribution in [1.29, 1.82) is 0 Å². The fourth-order valence-electron chi connectivity index (χ4n) is 4.74. The predicted molar refractivity (Wildman–Crippen MR) is 115 cm³/mol. The van der Waals surface area contributed by atoms with Gasteiger partial charge in [0.25, 0.3) is 0 Å². The molecule has 0 spiro atoms. The molecule has 5 nitrogen and oxygen atoms in total. The van der Waals surface area contributed by atoms with Crippen LogP contribution < -0.4 is 0 Å². The van der Waals surface area contributed by atoms with Gasteiger partial charge in [-0.25, -0.2) is 4.21 Å². The highest BCUT2D eigenvalue weighted by Crippen LogP contribution is 2.45. The molecule has 2 aromatic rings. The Bertz CT molecular complexity index is 910. The maximum atomic E-state index is 12.6. The van der Waals surface area contributed by atoms with E-state index in [0.29, 0.717) is 23.8 Å². The van der Waals surface area contributed by atoms with Crippen molar-refractivity contribution in [2.45, 2.75) is 56.1 Å². The number of ether oxygens (including phenoxy) is 1. The van der Waals surface area contributed by atoms with Crippen LogP contribution in [0.5, 0.6) is 0 Å². The molecule has 1 N–H and O–H groups in total. The van der Waals surface area contributed by atoms with Gasteiger partial charge in [0.15, 0.2) is 11.1 Å². The SMILES string of the molecule is Cc1ccc(S(=O)OC[C@H]2[C@@H](Cc3ccccc3CCC(=O)O)[C@@H]3CC[C@H]2O3)cc1. The summed E-state index contributed by atoms with van der Waals surface area (Å²) in [5.74, 6) is -0.284. The smallest absolute Gasteiger partial charge is 0.303 e. The van der Waals surface area contributed by atoms with Gasteiger partial charge in [-0.2, -0.15) is 0 Å². The molecular formula is C24H28O5S. The second-order valence-electron chi connectivity index (χ2n) is 8.32. The van der Waals surface area contributed by atoms with Crippen LogP contribution in [-0.4, -0.2) is 34.1 Å². The number of carboxylic acid groups (broad SMARTS) is 1. The summed E-state index contributed by atoms with van der Waals surface area (Å²) in [4.78, 5) is 11.7. The van der Waals surface area contributed by atoms with Gasteiger partial charge < -0.3 is 9.84 Å². The number of hydrogen-bond acceptors (Lipinski definition) is 4. The number of aliphatic carboxylic acids is 1. The number of carbonyl (C=O) groups is 1. The van der Waals surface area contributed by atoms with Crippen molar-refractivity contribution < 1.29 is 23.0 Å². The Kier molecular flexibility index (Phi) is 6.66. The second kappa shape index (κ2) is 9.41. The average Bonchev–Trinajstić information content (AvgIpc) is 3.34. The fourth-order valence-corrected chi connectivity index (χ4v) is 5.51.